The molecule has 0 fully saturated rings. The van der Waals surface area contributed by atoms with Crippen LogP contribution in [0, 0.1) is 5.92 Å². The summed E-state index contributed by atoms with van der Waals surface area (Å²) in [6.45, 7) is 0. The normalized spacial score (nSPS) is 23.6. The first-order valence-corrected chi connectivity index (χ1v) is 5.10. The van der Waals surface area contributed by atoms with E-state index in [1.165, 1.54) is 11.1 Å². The van der Waals surface area contributed by atoms with Gasteiger partial charge in [0.15, 0.2) is 0 Å². The topological polar surface area (TPSA) is 24.7 Å². The van der Waals surface area contributed by atoms with E-state index in [4.69, 9.17) is 11.6 Å². The average molecular weight is 205 g/mol. The Kier molecular flexibility index (Phi) is 1.71. The monoisotopic (exact) mass is 204 g/mol. The second-order valence-electron chi connectivity index (χ2n) is 3.72. The lowest BCUT2D eigenvalue weighted by Crippen LogP contribution is -2.16. The minimum Gasteiger partial charge on any atom is -0.154 e. The van der Waals surface area contributed by atoms with Gasteiger partial charge in [0.05, 0.1) is 5.71 Å². The summed E-state index contributed by atoms with van der Waals surface area (Å²) in [5.41, 5.74) is 3.74. The van der Waals surface area contributed by atoms with Gasteiger partial charge in [-0.15, -0.1) is 5.10 Å². The highest BCUT2D eigenvalue weighted by atomic mass is 35.5. The van der Waals surface area contributed by atoms with Crippen molar-refractivity contribution in [2.45, 2.75) is 12.8 Å². The highest BCUT2D eigenvalue weighted by Gasteiger charge is 2.30. The Bertz CT molecular complexity index is 448. The molecule has 0 bridgehead atoms. The Morgan fingerprint density at radius 2 is 2.00 bits per heavy atom. The Labute approximate surface area is 87.3 Å². The lowest BCUT2D eigenvalue weighted by molar-refractivity contribution is 0.735. The van der Waals surface area contributed by atoms with Crippen LogP contribution in [0.15, 0.2) is 34.5 Å². The first kappa shape index (κ1) is 8.18. The van der Waals surface area contributed by atoms with Crippen LogP contribution in [0.2, 0.25) is 0 Å². The van der Waals surface area contributed by atoms with Gasteiger partial charge in [-0.25, -0.2) is 0 Å². The van der Waals surface area contributed by atoms with Crippen LogP contribution in [0.3, 0.4) is 0 Å². The second kappa shape index (κ2) is 2.92. The van der Waals surface area contributed by atoms with Gasteiger partial charge >= 0.3 is 0 Å². The quantitative estimate of drug-likeness (QED) is 0.621. The zero-order valence-corrected chi connectivity index (χ0v) is 8.33. The molecular weight excluding hydrogens is 196 g/mol. The van der Waals surface area contributed by atoms with Gasteiger partial charge < -0.3 is 0 Å². The molecule has 1 aromatic carbocycles. The largest absolute Gasteiger partial charge is 0.154 e. The number of fused-ring (bicyclic) bond motifs is 3. The number of halogens is 1. The van der Waals surface area contributed by atoms with Gasteiger partial charge in [0, 0.05) is 17.9 Å². The van der Waals surface area contributed by atoms with Crippen molar-refractivity contribution in [3.63, 3.8) is 0 Å². The molecule has 1 unspecified atom stereocenters. The van der Waals surface area contributed by atoms with Gasteiger partial charge in [-0.05, 0) is 12.0 Å². The van der Waals surface area contributed by atoms with Gasteiger partial charge in [0.1, 0.15) is 5.17 Å². The fraction of sp³-hybridized carbons (Fsp3) is 0.273. The van der Waals surface area contributed by atoms with Gasteiger partial charge in [0.25, 0.3) is 0 Å². The molecule has 3 heteroatoms. The van der Waals surface area contributed by atoms with Crippen LogP contribution in [-0.4, -0.2) is 10.9 Å². The summed E-state index contributed by atoms with van der Waals surface area (Å²) in [6.07, 6.45) is 1.90. The van der Waals surface area contributed by atoms with E-state index in [1.807, 2.05) is 6.07 Å². The molecule has 1 atom stereocenters. The van der Waals surface area contributed by atoms with E-state index in [0.717, 1.165) is 18.6 Å². The van der Waals surface area contributed by atoms with E-state index in [1.54, 1.807) is 0 Å². The highest BCUT2D eigenvalue weighted by Crippen LogP contribution is 2.32. The predicted molar refractivity (Wildman–Crippen MR) is 58.1 cm³/mol. The molecule has 0 amide bonds. The molecule has 2 aliphatic rings. The third-order valence-corrected chi connectivity index (χ3v) is 3.06. The van der Waals surface area contributed by atoms with Gasteiger partial charge in [-0.1, -0.05) is 35.9 Å². The van der Waals surface area contributed by atoms with Gasteiger partial charge in [-0.2, -0.15) is 5.10 Å². The minimum absolute atomic E-state index is 0.456. The van der Waals surface area contributed by atoms with Crippen LogP contribution in [0.1, 0.15) is 17.5 Å². The van der Waals surface area contributed by atoms with Crippen LogP contribution >= 0.6 is 11.6 Å². The maximum absolute atomic E-state index is 5.87. The fourth-order valence-corrected chi connectivity index (χ4v) is 2.41. The van der Waals surface area contributed by atoms with Crippen LogP contribution < -0.4 is 0 Å². The van der Waals surface area contributed by atoms with E-state index in [-0.39, 0.29) is 0 Å². The van der Waals surface area contributed by atoms with Crippen molar-refractivity contribution in [3.05, 3.63) is 35.4 Å². The van der Waals surface area contributed by atoms with Crippen LogP contribution in [0.5, 0.6) is 0 Å². The summed E-state index contributed by atoms with van der Waals surface area (Å²) in [6, 6.07) is 8.38. The second-order valence-corrected chi connectivity index (χ2v) is 4.16. The third kappa shape index (κ3) is 1.11. The van der Waals surface area contributed by atoms with Gasteiger partial charge in [0.2, 0.25) is 0 Å². The first-order chi connectivity index (χ1) is 6.84. The van der Waals surface area contributed by atoms with Crippen LogP contribution in [0.4, 0.5) is 0 Å². The highest BCUT2D eigenvalue weighted by molar-refractivity contribution is 6.65. The Balaban J connectivity index is 2.13. The number of hydrogen-bond donors (Lipinski definition) is 0. The summed E-state index contributed by atoms with van der Waals surface area (Å²) < 4.78 is 0. The molecule has 70 valence electrons. The van der Waals surface area contributed by atoms with Gasteiger partial charge in [-0.3, -0.25) is 0 Å². The van der Waals surface area contributed by atoms with Crippen molar-refractivity contribution in [2.24, 2.45) is 16.1 Å². The molecule has 14 heavy (non-hydrogen) atoms. The Hall–Kier alpha value is -1.15. The molecule has 0 spiro atoms. The molecule has 1 heterocycles. The molecule has 3 rings (SSSR count). The van der Waals surface area contributed by atoms with E-state index in [0.29, 0.717) is 11.1 Å². The number of nitrogens with zero attached hydrogens (tertiary/aromatic N) is 2. The Morgan fingerprint density at radius 3 is 2.93 bits per heavy atom. The summed E-state index contributed by atoms with van der Waals surface area (Å²) >= 11 is 5.87. The van der Waals surface area contributed by atoms with Crippen molar-refractivity contribution in [1.29, 1.82) is 0 Å². The summed E-state index contributed by atoms with van der Waals surface area (Å²) in [5.74, 6) is 0.456. The summed E-state index contributed by atoms with van der Waals surface area (Å²) in [5, 5.41) is 8.76. The lowest BCUT2D eigenvalue weighted by atomic mass is 10.0. The molecule has 0 aromatic heterocycles. The average Bonchev–Trinajstić information content (AvgIpc) is 2.54. The molecule has 0 saturated heterocycles. The fourth-order valence-electron chi connectivity index (χ4n) is 2.19. The van der Waals surface area contributed by atoms with Crippen LogP contribution in [-0.2, 0) is 6.42 Å². The maximum atomic E-state index is 5.87. The molecule has 1 aliphatic carbocycles. The van der Waals surface area contributed by atoms with Crippen molar-refractivity contribution in [1.82, 2.24) is 0 Å². The molecule has 0 saturated carbocycles. The predicted octanol–water partition coefficient (Wildman–Crippen LogP) is 2.60. The van der Waals surface area contributed by atoms with E-state index >= 15 is 0 Å². The van der Waals surface area contributed by atoms with Crippen molar-refractivity contribution in [3.8, 4) is 0 Å². The minimum atomic E-state index is 0.456. The molecule has 2 nitrogen and oxygen atoms in total. The summed E-state index contributed by atoms with van der Waals surface area (Å²) in [7, 11) is 0. The molecule has 0 N–H and O–H groups in total. The lowest BCUT2D eigenvalue weighted by Gasteiger charge is -2.12. The molecule has 0 radical (unpaired) electrons. The van der Waals surface area contributed by atoms with Crippen LogP contribution in [0.25, 0.3) is 0 Å². The first-order valence-electron chi connectivity index (χ1n) is 4.73. The summed E-state index contributed by atoms with van der Waals surface area (Å²) in [4.78, 5) is 0. The van der Waals surface area contributed by atoms with Crippen molar-refractivity contribution >= 4 is 22.5 Å². The van der Waals surface area contributed by atoms with E-state index in [9.17, 15) is 0 Å². The van der Waals surface area contributed by atoms with E-state index in [2.05, 4.69) is 28.4 Å². The number of benzene rings is 1. The number of hydrogen-bond acceptors (Lipinski definition) is 2. The zero-order valence-electron chi connectivity index (χ0n) is 7.57. The molecular formula is C11H9ClN2. The standard InChI is InChI=1S/C11H9ClN2/c12-10-6-8-5-7-3-1-2-4-9(7)11(8)14-13-10/h1-4,8H,5-6H2. The van der Waals surface area contributed by atoms with Crippen molar-refractivity contribution < 1.29 is 0 Å². The maximum Gasteiger partial charge on any atom is 0.129 e. The molecule has 1 aliphatic heterocycles. The smallest absolute Gasteiger partial charge is 0.129 e. The van der Waals surface area contributed by atoms with Crippen molar-refractivity contribution in [2.75, 3.05) is 0 Å². The van der Waals surface area contributed by atoms with E-state index < -0.39 is 0 Å². The SMILES string of the molecule is ClC1=NN=C2c3ccccc3CC2C1. The molecule has 1 aromatic rings. The zero-order chi connectivity index (χ0) is 9.54. The third-order valence-electron chi connectivity index (χ3n) is 2.83. The Morgan fingerprint density at radius 1 is 1.14 bits per heavy atom. The number of rotatable bonds is 0.